The van der Waals surface area contributed by atoms with E-state index in [4.69, 9.17) is 74.5 Å². The van der Waals surface area contributed by atoms with Crippen molar-refractivity contribution in [2.45, 2.75) is 70.3 Å². The fourth-order valence-corrected chi connectivity index (χ4v) is 8.24. The number of amides is 3. The summed E-state index contributed by atoms with van der Waals surface area (Å²) in [5.41, 5.74) is 8.42. The van der Waals surface area contributed by atoms with Crippen LogP contribution in [-0.4, -0.2) is 192 Å². The summed E-state index contributed by atoms with van der Waals surface area (Å²) in [7, 11) is 0. The van der Waals surface area contributed by atoms with E-state index in [-0.39, 0.29) is 96.1 Å². The fraction of sp³-hybridized carbons (Fsp3) is 0.552. The summed E-state index contributed by atoms with van der Waals surface area (Å²) in [5.74, 6) is 1.46. The SMILES string of the molecule is Nc1ncnc2c1c(-c1ccc(Oc3ccccc3)cc1)nn2[C@@H]1CCCN(C(=O)/C=C/CNC(=O)OCCOCCOCCCC(=O)OC/C=C\COC(=O)CCCOCCOCCOC(=O)NCCOCCOCCCCCCCl)C1. The number of hydrogen-bond acceptors (Lipinski definition) is 20. The molecule has 1 fully saturated rings. The molecule has 0 saturated carbocycles. The van der Waals surface area contributed by atoms with Gasteiger partial charge in [-0.3, -0.25) is 14.4 Å². The molecule has 1 aliphatic rings. The number of rotatable bonds is 43. The van der Waals surface area contributed by atoms with Gasteiger partial charge in [-0.25, -0.2) is 24.2 Å². The normalized spacial score (nSPS) is 13.4. The summed E-state index contributed by atoms with van der Waals surface area (Å²) < 4.78 is 61.0. The van der Waals surface area contributed by atoms with Gasteiger partial charge in [0.2, 0.25) is 5.91 Å². The number of nitrogens with two attached hydrogens (primary N) is 1. The van der Waals surface area contributed by atoms with Crippen LogP contribution in [0.4, 0.5) is 15.4 Å². The van der Waals surface area contributed by atoms with Gasteiger partial charge < -0.3 is 73.4 Å². The molecule has 1 saturated heterocycles. The van der Waals surface area contributed by atoms with E-state index in [0.29, 0.717) is 120 Å². The number of nitrogens with one attached hydrogen (secondary N) is 2. The maximum atomic E-state index is 13.2. The Morgan fingerprint density at radius 3 is 1.82 bits per heavy atom. The molecule has 4 aromatic rings. The van der Waals surface area contributed by atoms with E-state index in [1.54, 1.807) is 23.1 Å². The first-order valence-electron chi connectivity index (χ1n) is 28.3. The lowest BCUT2D eigenvalue weighted by atomic mass is 10.1. The number of nitrogens with zero attached hydrogens (tertiary/aromatic N) is 5. The summed E-state index contributed by atoms with van der Waals surface area (Å²) in [5, 5.41) is 10.8. The molecule has 25 heteroatoms. The topological polar surface area (TPSA) is 284 Å². The molecule has 4 N–H and O–H groups in total. The molecule has 0 radical (unpaired) electrons. The van der Waals surface area contributed by atoms with Gasteiger partial charge in [0.25, 0.3) is 0 Å². The Hall–Kier alpha value is -6.93. The smallest absolute Gasteiger partial charge is 0.407 e. The maximum absolute atomic E-state index is 13.2. The van der Waals surface area contributed by atoms with Gasteiger partial charge in [0.05, 0.1) is 70.9 Å². The number of hydrogen-bond donors (Lipinski definition) is 3. The second kappa shape index (κ2) is 42.0. The molecule has 1 atom stereocenters. The summed E-state index contributed by atoms with van der Waals surface area (Å²) in [6, 6.07) is 16.9. The number of carbonyl (C=O) groups excluding carboxylic acids is 5. The first kappa shape index (κ1) is 66.9. The summed E-state index contributed by atoms with van der Waals surface area (Å²) in [6.07, 6.45) is 13.5. The number of unbranched alkanes of at least 4 members (excludes halogenated alkanes) is 3. The average molecular weight is 1180 g/mol. The van der Waals surface area contributed by atoms with Gasteiger partial charge in [-0.1, -0.05) is 37.1 Å². The third-order valence-corrected chi connectivity index (χ3v) is 12.5. The lowest BCUT2D eigenvalue weighted by molar-refractivity contribution is -0.144. The van der Waals surface area contributed by atoms with Crippen LogP contribution >= 0.6 is 11.6 Å². The number of nitrogen functional groups attached to an aromatic ring is 1. The van der Waals surface area contributed by atoms with Crippen molar-refractivity contribution < 1.29 is 76.1 Å². The Morgan fingerprint density at radius 1 is 0.614 bits per heavy atom. The van der Waals surface area contributed by atoms with Crippen LogP contribution in [0.5, 0.6) is 11.5 Å². The van der Waals surface area contributed by atoms with Crippen LogP contribution in [0.3, 0.4) is 0 Å². The first-order valence-corrected chi connectivity index (χ1v) is 28.8. The molecule has 5 rings (SSSR count). The van der Waals surface area contributed by atoms with E-state index in [1.807, 2.05) is 59.3 Å². The highest BCUT2D eigenvalue weighted by Gasteiger charge is 2.28. The number of anilines is 1. The molecule has 3 amide bonds. The molecule has 0 aliphatic carbocycles. The summed E-state index contributed by atoms with van der Waals surface area (Å²) in [6.45, 7) is 5.91. The Morgan fingerprint density at radius 2 is 1.18 bits per heavy atom. The zero-order chi connectivity index (χ0) is 58.8. The number of esters is 2. The summed E-state index contributed by atoms with van der Waals surface area (Å²) in [4.78, 5) is 71.7. The molecule has 1 aliphatic heterocycles. The van der Waals surface area contributed by atoms with E-state index >= 15 is 0 Å². The van der Waals surface area contributed by atoms with Crippen molar-refractivity contribution >= 4 is 58.5 Å². The minimum atomic E-state index is -0.651. The molecule has 456 valence electrons. The molecule has 2 aromatic heterocycles. The zero-order valence-corrected chi connectivity index (χ0v) is 48.1. The van der Waals surface area contributed by atoms with E-state index in [9.17, 15) is 24.0 Å². The number of likely N-dealkylation sites (tertiary alicyclic amines) is 1. The van der Waals surface area contributed by atoms with Crippen LogP contribution in [0.1, 0.15) is 70.3 Å². The van der Waals surface area contributed by atoms with Crippen molar-refractivity contribution in [3.8, 4) is 22.8 Å². The van der Waals surface area contributed by atoms with E-state index < -0.39 is 12.2 Å². The van der Waals surface area contributed by atoms with Gasteiger partial charge in [0, 0.05) is 76.4 Å². The Kier molecular flexibility index (Phi) is 33.8. The van der Waals surface area contributed by atoms with Gasteiger partial charge in [-0.05, 0) is 87.1 Å². The number of benzene rings is 2. The number of halogens is 1. The molecule has 3 heterocycles. The van der Waals surface area contributed by atoms with Crippen LogP contribution in [0.25, 0.3) is 22.3 Å². The number of ether oxygens (including phenoxy) is 11. The predicted octanol–water partition coefficient (Wildman–Crippen LogP) is 7.14. The van der Waals surface area contributed by atoms with Gasteiger partial charge in [-0.15, -0.1) is 11.6 Å². The Balaban J connectivity index is 0.773. The van der Waals surface area contributed by atoms with Crippen LogP contribution in [0.2, 0.25) is 0 Å². The van der Waals surface area contributed by atoms with E-state index in [1.165, 1.54) is 12.4 Å². The van der Waals surface area contributed by atoms with E-state index in [2.05, 4.69) is 20.6 Å². The van der Waals surface area contributed by atoms with Gasteiger partial charge in [0.1, 0.15) is 55.8 Å². The fourth-order valence-electron chi connectivity index (χ4n) is 8.05. The van der Waals surface area contributed by atoms with Crippen molar-refractivity contribution in [1.82, 2.24) is 35.3 Å². The monoisotopic (exact) mass is 1180 g/mol. The van der Waals surface area contributed by atoms with Gasteiger partial charge in [-0.2, -0.15) is 5.10 Å². The second-order valence-corrected chi connectivity index (χ2v) is 19.0. The maximum Gasteiger partial charge on any atom is 0.407 e. The highest BCUT2D eigenvalue weighted by Crippen LogP contribution is 2.35. The van der Waals surface area contributed by atoms with Crippen molar-refractivity contribution in [2.24, 2.45) is 0 Å². The lowest BCUT2D eigenvalue weighted by Gasteiger charge is -2.32. The highest BCUT2D eigenvalue weighted by molar-refractivity contribution is 6.17. The van der Waals surface area contributed by atoms with Crippen LogP contribution in [0.15, 0.2) is 85.2 Å². The summed E-state index contributed by atoms with van der Waals surface area (Å²) >= 11 is 5.66. The van der Waals surface area contributed by atoms with Crippen LogP contribution in [0, 0.1) is 0 Å². The number of alkyl halides is 1. The van der Waals surface area contributed by atoms with Crippen LogP contribution < -0.4 is 21.1 Å². The number of carbonyl (C=O) groups is 5. The molecular formula is C58H81ClN8O16. The lowest BCUT2D eigenvalue weighted by Crippen LogP contribution is -2.40. The standard InChI is InChI=1S/C58H81ClN8O16/c59-24-6-1-2-7-28-73-34-37-76-33-26-62-58(72)82-43-41-78-39-36-75-30-13-19-52(70)80-32-9-8-31-79-51(69)18-12-29-74-35-38-77-40-42-81-57(71)61-25-10-17-50(68)66-27-11-14-47(44-66)67-56-53(55(60)63-45-64-56)54(65-67)46-20-22-49(23-21-46)83-48-15-4-3-5-16-48/h3-5,8-10,15-17,20-23,45,47H,1-2,6-7,11-14,18-19,24-44H2,(H,61,71)(H,62,72)(H2,60,63,64)/b9-8-,17-10+/t47-/m1/s1. The Labute approximate surface area is 489 Å². The third kappa shape index (κ3) is 28.3. The van der Waals surface area contributed by atoms with Crippen molar-refractivity contribution in [3.05, 3.63) is 85.2 Å². The average Bonchev–Trinajstić information content (AvgIpc) is 3.03. The third-order valence-electron chi connectivity index (χ3n) is 12.2. The van der Waals surface area contributed by atoms with Gasteiger partial charge >= 0.3 is 24.1 Å². The predicted molar refractivity (Wildman–Crippen MR) is 308 cm³/mol. The number of alkyl carbamates (subject to hydrolysis) is 2. The zero-order valence-electron chi connectivity index (χ0n) is 47.3. The number of aromatic nitrogens is 4. The highest BCUT2D eigenvalue weighted by atomic mass is 35.5. The van der Waals surface area contributed by atoms with Crippen molar-refractivity contribution in [3.63, 3.8) is 0 Å². The van der Waals surface area contributed by atoms with Crippen molar-refractivity contribution in [2.75, 3.05) is 144 Å². The van der Waals surface area contributed by atoms with Crippen LogP contribution in [-0.2, 0) is 61.8 Å². The first-order chi connectivity index (χ1) is 40.7. The molecule has 0 bridgehead atoms. The molecule has 0 spiro atoms. The molecule has 2 aromatic carbocycles. The van der Waals surface area contributed by atoms with Crippen molar-refractivity contribution in [1.29, 1.82) is 0 Å². The Bertz CT molecular complexity index is 2540. The number of para-hydroxylation sites is 1. The molecular weight excluding hydrogens is 1100 g/mol. The number of fused-ring (bicyclic) bond motifs is 1. The number of piperidine rings is 1. The molecule has 24 nitrogen and oxygen atoms in total. The minimum absolute atomic E-state index is 0.0186. The quantitative estimate of drug-likeness (QED) is 0.00991. The minimum Gasteiger partial charge on any atom is -0.461 e. The largest absolute Gasteiger partial charge is 0.461 e. The molecule has 0 unspecified atom stereocenters. The second-order valence-electron chi connectivity index (χ2n) is 18.6. The molecule has 83 heavy (non-hydrogen) atoms. The van der Waals surface area contributed by atoms with E-state index in [0.717, 1.165) is 49.8 Å². The van der Waals surface area contributed by atoms with Gasteiger partial charge in [0.15, 0.2) is 5.65 Å².